The van der Waals surface area contributed by atoms with E-state index in [-0.39, 0.29) is 16.8 Å². The summed E-state index contributed by atoms with van der Waals surface area (Å²) in [6, 6.07) is 12.1. The van der Waals surface area contributed by atoms with Gasteiger partial charge in [-0.15, -0.1) is 0 Å². The van der Waals surface area contributed by atoms with Crippen molar-refractivity contribution in [3.8, 4) is 0 Å². The number of rotatable bonds is 7. The summed E-state index contributed by atoms with van der Waals surface area (Å²) in [6.07, 6.45) is 1.95. The summed E-state index contributed by atoms with van der Waals surface area (Å²) in [6.45, 7) is 3.52. The van der Waals surface area contributed by atoms with Crippen molar-refractivity contribution in [1.82, 2.24) is 5.32 Å². The van der Waals surface area contributed by atoms with Gasteiger partial charge < -0.3 is 5.32 Å². The lowest BCUT2D eigenvalue weighted by atomic mass is 10.1. The van der Waals surface area contributed by atoms with E-state index in [1.165, 1.54) is 17.7 Å². The monoisotopic (exact) mass is 428 g/mol. The molecule has 0 heterocycles. The van der Waals surface area contributed by atoms with Gasteiger partial charge in [-0.2, -0.15) is 0 Å². The maximum atomic E-state index is 12.5. The third kappa shape index (κ3) is 5.86. The molecule has 0 aliphatic rings. The Labute approximate surface area is 170 Å². The Morgan fingerprint density at radius 2 is 1.78 bits per heavy atom. The van der Waals surface area contributed by atoms with E-state index in [0.29, 0.717) is 5.02 Å². The van der Waals surface area contributed by atoms with Crippen molar-refractivity contribution in [3.05, 3.63) is 63.6 Å². The van der Waals surface area contributed by atoms with Crippen LogP contribution >= 0.6 is 23.2 Å². The number of hydrogen-bond acceptors (Lipinski definition) is 3. The smallest absolute Gasteiger partial charge is 0.241 e. The average molecular weight is 429 g/mol. The van der Waals surface area contributed by atoms with Gasteiger partial charge in [0.2, 0.25) is 15.9 Å². The van der Waals surface area contributed by atoms with E-state index in [1.807, 2.05) is 31.2 Å². The van der Waals surface area contributed by atoms with E-state index in [2.05, 4.69) is 12.2 Å². The molecule has 0 aliphatic carbocycles. The van der Waals surface area contributed by atoms with Crippen LogP contribution in [0.5, 0.6) is 0 Å². The maximum Gasteiger partial charge on any atom is 0.241 e. The van der Waals surface area contributed by atoms with Crippen LogP contribution in [-0.4, -0.2) is 27.1 Å². The summed E-state index contributed by atoms with van der Waals surface area (Å²) in [5.74, 6) is -0.441. The Morgan fingerprint density at radius 3 is 2.33 bits per heavy atom. The molecule has 1 unspecified atom stereocenters. The average Bonchev–Trinajstić information content (AvgIpc) is 2.61. The zero-order chi connectivity index (χ0) is 20.2. The van der Waals surface area contributed by atoms with Gasteiger partial charge in [0.15, 0.2) is 0 Å². The van der Waals surface area contributed by atoms with Crippen LogP contribution in [0.2, 0.25) is 10.0 Å². The van der Waals surface area contributed by atoms with Crippen molar-refractivity contribution in [2.45, 2.75) is 26.3 Å². The first-order valence-electron chi connectivity index (χ1n) is 8.42. The number of sulfonamides is 1. The minimum absolute atomic E-state index is 0.168. The quantitative estimate of drug-likeness (QED) is 0.718. The second-order valence-corrected chi connectivity index (χ2v) is 9.00. The van der Waals surface area contributed by atoms with Gasteiger partial charge in [0.25, 0.3) is 0 Å². The molecule has 146 valence electrons. The zero-order valence-electron chi connectivity index (χ0n) is 15.4. The van der Waals surface area contributed by atoms with Crippen LogP contribution in [0, 0.1) is 0 Å². The highest BCUT2D eigenvalue weighted by Crippen LogP contribution is 2.30. The van der Waals surface area contributed by atoms with Crippen molar-refractivity contribution < 1.29 is 13.2 Å². The van der Waals surface area contributed by atoms with Crippen molar-refractivity contribution in [1.29, 1.82) is 0 Å². The van der Waals surface area contributed by atoms with E-state index in [9.17, 15) is 13.2 Å². The van der Waals surface area contributed by atoms with Crippen LogP contribution in [0.25, 0.3) is 0 Å². The number of anilines is 1. The highest BCUT2D eigenvalue weighted by Gasteiger charge is 2.24. The molecule has 0 saturated heterocycles. The minimum Gasteiger partial charge on any atom is -0.348 e. The van der Waals surface area contributed by atoms with Gasteiger partial charge in [0.05, 0.1) is 23.0 Å². The zero-order valence-corrected chi connectivity index (χ0v) is 17.7. The molecule has 1 amide bonds. The summed E-state index contributed by atoms with van der Waals surface area (Å²) in [4.78, 5) is 12.5. The van der Waals surface area contributed by atoms with Crippen molar-refractivity contribution in [2.24, 2.45) is 0 Å². The number of hydrogen-bond donors (Lipinski definition) is 1. The van der Waals surface area contributed by atoms with Crippen LogP contribution in [0.4, 0.5) is 5.69 Å². The molecule has 0 bridgehead atoms. The summed E-state index contributed by atoms with van der Waals surface area (Å²) < 4.78 is 25.4. The third-order valence-electron chi connectivity index (χ3n) is 4.13. The van der Waals surface area contributed by atoms with Gasteiger partial charge in [0, 0.05) is 5.02 Å². The molecule has 8 heteroatoms. The summed E-state index contributed by atoms with van der Waals surface area (Å²) in [7, 11) is -3.73. The van der Waals surface area contributed by atoms with E-state index >= 15 is 0 Å². The van der Waals surface area contributed by atoms with Gasteiger partial charge in [-0.05, 0) is 42.7 Å². The van der Waals surface area contributed by atoms with E-state index < -0.39 is 22.5 Å². The summed E-state index contributed by atoms with van der Waals surface area (Å²) >= 11 is 12.1. The molecular formula is C19H22Cl2N2O3S. The lowest BCUT2D eigenvalue weighted by Gasteiger charge is -2.24. The fourth-order valence-corrected chi connectivity index (χ4v) is 3.90. The van der Waals surface area contributed by atoms with Crippen LogP contribution in [0.1, 0.15) is 31.0 Å². The van der Waals surface area contributed by atoms with Crippen LogP contribution in [0.3, 0.4) is 0 Å². The second-order valence-electron chi connectivity index (χ2n) is 6.25. The highest BCUT2D eigenvalue weighted by atomic mass is 35.5. The van der Waals surface area contributed by atoms with E-state index in [0.717, 1.165) is 22.5 Å². The Hall–Kier alpha value is -1.76. The highest BCUT2D eigenvalue weighted by molar-refractivity contribution is 7.92. The van der Waals surface area contributed by atoms with E-state index in [4.69, 9.17) is 23.2 Å². The molecule has 1 N–H and O–H groups in total. The molecular weight excluding hydrogens is 407 g/mol. The lowest BCUT2D eigenvalue weighted by Crippen LogP contribution is -2.41. The number of nitrogens with zero attached hydrogens (tertiary/aromatic N) is 1. The first-order chi connectivity index (χ1) is 12.6. The SMILES string of the molecule is CCc1ccc(C(C)NC(=O)CN(c2cc(Cl)ccc2Cl)S(C)(=O)=O)cc1. The van der Waals surface area contributed by atoms with Crippen molar-refractivity contribution in [3.63, 3.8) is 0 Å². The molecule has 0 aliphatic heterocycles. The number of carbonyl (C=O) groups is 1. The Morgan fingerprint density at radius 1 is 1.15 bits per heavy atom. The van der Waals surface area contributed by atoms with Crippen molar-refractivity contribution in [2.75, 3.05) is 17.1 Å². The minimum atomic E-state index is -3.73. The number of amides is 1. The van der Waals surface area contributed by atoms with Crippen LogP contribution < -0.4 is 9.62 Å². The van der Waals surface area contributed by atoms with Crippen LogP contribution in [-0.2, 0) is 21.2 Å². The van der Waals surface area contributed by atoms with Gasteiger partial charge >= 0.3 is 0 Å². The molecule has 2 aromatic carbocycles. The number of carbonyl (C=O) groups excluding carboxylic acids is 1. The second kappa shape index (κ2) is 8.95. The summed E-state index contributed by atoms with van der Waals surface area (Å²) in [5, 5.41) is 3.34. The van der Waals surface area contributed by atoms with E-state index in [1.54, 1.807) is 6.07 Å². The van der Waals surface area contributed by atoms with Gasteiger partial charge in [-0.25, -0.2) is 8.42 Å². The first-order valence-corrected chi connectivity index (χ1v) is 11.0. The maximum absolute atomic E-state index is 12.5. The normalized spacial score (nSPS) is 12.5. The topological polar surface area (TPSA) is 66.5 Å². The molecule has 27 heavy (non-hydrogen) atoms. The predicted molar refractivity (Wildman–Crippen MR) is 111 cm³/mol. The van der Waals surface area contributed by atoms with Crippen molar-refractivity contribution >= 4 is 44.8 Å². The number of aryl methyl sites for hydroxylation is 1. The van der Waals surface area contributed by atoms with Gasteiger partial charge in [-0.3, -0.25) is 9.10 Å². The Bertz CT molecular complexity index is 915. The van der Waals surface area contributed by atoms with Gasteiger partial charge in [0.1, 0.15) is 6.54 Å². The molecule has 0 radical (unpaired) electrons. The molecule has 0 fully saturated rings. The Balaban J connectivity index is 2.17. The number of halogens is 2. The van der Waals surface area contributed by atoms with Crippen LogP contribution in [0.15, 0.2) is 42.5 Å². The third-order valence-corrected chi connectivity index (χ3v) is 5.81. The molecule has 2 rings (SSSR count). The fourth-order valence-electron chi connectivity index (χ4n) is 2.60. The first kappa shape index (κ1) is 21.5. The molecule has 0 aromatic heterocycles. The molecule has 0 saturated carbocycles. The predicted octanol–water partition coefficient (Wildman–Crippen LogP) is 4.20. The lowest BCUT2D eigenvalue weighted by molar-refractivity contribution is -0.120. The standard InChI is InChI=1S/C19H22Cl2N2O3S/c1-4-14-5-7-15(8-6-14)13(2)22-19(24)12-23(27(3,25)26)18-11-16(20)9-10-17(18)21/h5-11,13H,4,12H2,1-3H3,(H,22,24). The molecule has 2 aromatic rings. The molecule has 0 spiro atoms. The number of benzene rings is 2. The fraction of sp³-hybridized carbons (Fsp3) is 0.316. The Kier molecular flexibility index (Phi) is 7.14. The molecule has 5 nitrogen and oxygen atoms in total. The number of nitrogens with one attached hydrogen (secondary N) is 1. The molecule has 1 atom stereocenters. The van der Waals surface area contributed by atoms with Gasteiger partial charge in [-0.1, -0.05) is 54.4 Å². The summed E-state index contributed by atoms with van der Waals surface area (Å²) in [5.41, 5.74) is 2.31. The largest absolute Gasteiger partial charge is 0.348 e.